The molecule has 0 saturated heterocycles. The summed E-state index contributed by atoms with van der Waals surface area (Å²) in [5, 5.41) is 0. The van der Waals surface area contributed by atoms with Gasteiger partial charge in [-0.15, -0.1) is 0 Å². The van der Waals surface area contributed by atoms with E-state index in [1.54, 1.807) is 5.79 Å². The maximum absolute atomic E-state index is 2.61. The van der Waals surface area contributed by atoms with Gasteiger partial charge in [0.05, 0.1) is 0 Å². The molecule has 2 aromatic rings. The molecule has 0 aliphatic carbocycles. The minimum absolute atomic E-state index is 1.12. The van der Waals surface area contributed by atoms with Gasteiger partial charge in [0, 0.05) is 0 Å². The number of aryl methyl sites for hydroxylation is 2. The first-order valence-electron chi connectivity index (χ1n) is 8.94. The van der Waals surface area contributed by atoms with Crippen LogP contribution < -0.4 is 10.7 Å². The van der Waals surface area contributed by atoms with E-state index in [4.69, 9.17) is 0 Å². The van der Waals surface area contributed by atoms with Crippen molar-refractivity contribution in [1.29, 1.82) is 0 Å². The van der Waals surface area contributed by atoms with E-state index in [0.717, 1.165) is 6.54 Å². The van der Waals surface area contributed by atoms with Crippen LogP contribution in [0, 0.1) is 13.8 Å². The summed E-state index contributed by atoms with van der Waals surface area (Å²) in [6, 6.07) is 5.06. The molecule has 0 radical (unpaired) electrons. The third-order valence-corrected chi connectivity index (χ3v) is 25.2. The van der Waals surface area contributed by atoms with Crippen molar-refractivity contribution in [2.75, 3.05) is 11.4 Å². The summed E-state index contributed by atoms with van der Waals surface area (Å²) in [5.74, 6) is 0. The molecule has 5 heteroatoms. The molecule has 0 N–H and O–H groups in total. The molecule has 134 valence electrons. The van der Waals surface area contributed by atoms with Gasteiger partial charge in [0.15, 0.2) is 0 Å². The molecule has 24 heavy (non-hydrogen) atoms. The average Bonchev–Trinajstić information content (AvgIpc) is 2.99. The van der Waals surface area contributed by atoms with Crippen LogP contribution in [0.4, 0.5) is 11.4 Å². The SMILES string of the molecule is CCCN(c1c[c]([Sn]([CH3])([CH3])[CH3])sc1C)c1c[c]([Sn]([CH3])([CH3])[CH3])sc1C. The van der Waals surface area contributed by atoms with Gasteiger partial charge < -0.3 is 0 Å². The van der Waals surface area contributed by atoms with E-state index >= 15 is 0 Å². The van der Waals surface area contributed by atoms with Gasteiger partial charge in [-0.05, 0) is 0 Å². The van der Waals surface area contributed by atoms with Crippen molar-refractivity contribution >= 4 is 76.6 Å². The minimum atomic E-state index is -2.00. The van der Waals surface area contributed by atoms with Crippen LogP contribution in [0.1, 0.15) is 23.1 Å². The summed E-state index contributed by atoms with van der Waals surface area (Å²) in [6.45, 7) is 8.04. The van der Waals surface area contributed by atoms with Crippen molar-refractivity contribution in [2.24, 2.45) is 0 Å². The van der Waals surface area contributed by atoms with Gasteiger partial charge in [-0.3, -0.25) is 0 Å². The second-order valence-corrected chi connectivity index (χ2v) is 42.1. The van der Waals surface area contributed by atoms with Gasteiger partial charge in [-0.25, -0.2) is 0 Å². The van der Waals surface area contributed by atoms with Gasteiger partial charge in [0.2, 0.25) is 0 Å². The number of nitrogens with zero attached hydrogens (tertiary/aromatic N) is 1. The summed E-state index contributed by atoms with van der Waals surface area (Å²) >= 11 is 0.112. The molecule has 0 bridgehead atoms. The predicted octanol–water partition coefficient (Wildman–Crippen LogP) is 6.06. The molecule has 0 spiro atoms. The fourth-order valence-electron chi connectivity index (χ4n) is 2.81. The standard InChI is InChI=1S/C13H15NS2.6CH3.2Sn/c1-4-7-14(12-5-8-15-10(12)2)13-6-9-16-11(13)3;;;;;;;;/h5-6H,4,7H2,1-3H3;6*1H3;;. The number of anilines is 2. The van der Waals surface area contributed by atoms with Crippen LogP contribution in [0.3, 0.4) is 0 Å². The summed E-state index contributed by atoms with van der Waals surface area (Å²) in [6.07, 6.45) is 1.19. The van der Waals surface area contributed by atoms with E-state index < -0.39 is 36.8 Å². The van der Waals surface area contributed by atoms with E-state index in [2.05, 4.69) is 90.1 Å². The Bertz CT molecular complexity index is 644. The van der Waals surface area contributed by atoms with E-state index in [-0.39, 0.29) is 0 Å². The van der Waals surface area contributed by atoms with E-state index in [1.165, 1.54) is 27.5 Å². The van der Waals surface area contributed by atoms with Gasteiger partial charge in [0.1, 0.15) is 0 Å². The van der Waals surface area contributed by atoms with Crippen LogP contribution in [0.5, 0.6) is 0 Å². The maximum atomic E-state index is 2.61. The second-order valence-electron chi connectivity index (χ2n) is 8.76. The molecule has 0 aliphatic heterocycles. The van der Waals surface area contributed by atoms with Crippen molar-refractivity contribution < 1.29 is 0 Å². The Morgan fingerprint density at radius 2 is 1.17 bits per heavy atom. The molecule has 0 aliphatic rings. The first kappa shape index (κ1) is 21.1. The van der Waals surface area contributed by atoms with Crippen molar-refractivity contribution in [3.63, 3.8) is 0 Å². The topological polar surface area (TPSA) is 3.24 Å². The normalized spacial score (nSPS) is 12.7. The zero-order valence-corrected chi connectivity index (χ0v) is 24.2. The molecule has 0 aromatic carbocycles. The summed E-state index contributed by atoms with van der Waals surface area (Å²) in [7, 11) is 0. The van der Waals surface area contributed by atoms with Crippen molar-refractivity contribution in [1.82, 2.24) is 0 Å². The van der Waals surface area contributed by atoms with Gasteiger partial charge in [-0.1, -0.05) is 0 Å². The molecule has 0 fully saturated rings. The van der Waals surface area contributed by atoms with Crippen LogP contribution in [0.25, 0.3) is 0 Å². The molecular formula is C19H33NS2Sn2. The predicted molar refractivity (Wildman–Crippen MR) is 121 cm³/mol. The van der Waals surface area contributed by atoms with Crippen LogP contribution in [0.2, 0.25) is 29.6 Å². The monoisotopic (exact) mass is 579 g/mol. The quantitative estimate of drug-likeness (QED) is 0.378. The Morgan fingerprint density at radius 1 is 0.792 bits per heavy atom. The van der Waals surface area contributed by atoms with Gasteiger partial charge >= 0.3 is 167 Å². The van der Waals surface area contributed by atoms with E-state index in [0.29, 0.717) is 0 Å². The summed E-state index contributed by atoms with van der Waals surface area (Å²) < 4.78 is 3.39. The van der Waals surface area contributed by atoms with Crippen LogP contribution in [-0.4, -0.2) is 43.3 Å². The van der Waals surface area contributed by atoms with Crippen molar-refractivity contribution in [3.8, 4) is 0 Å². The van der Waals surface area contributed by atoms with Crippen LogP contribution >= 0.6 is 22.7 Å². The van der Waals surface area contributed by atoms with Crippen LogP contribution in [-0.2, 0) is 0 Å². The summed E-state index contributed by atoms with van der Waals surface area (Å²) in [5.41, 5.74) is 2.94. The number of hydrogen-bond donors (Lipinski definition) is 0. The zero-order chi connectivity index (χ0) is 18.3. The molecule has 0 atom stereocenters. The Hall–Kier alpha value is 0.797. The molecular weight excluding hydrogens is 544 g/mol. The molecule has 0 amide bonds. The van der Waals surface area contributed by atoms with Gasteiger partial charge in [-0.2, -0.15) is 0 Å². The Labute approximate surface area is 165 Å². The van der Waals surface area contributed by atoms with Crippen LogP contribution in [0.15, 0.2) is 12.1 Å². The Balaban J connectivity index is 2.52. The molecule has 1 nitrogen and oxygen atoms in total. The Morgan fingerprint density at radius 3 is 1.42 bits per heavy atom. The summed E-state index contributed by atoms with van der Waals surface area (Å²) in [4.78, 5) is 20.7. The number of hydrogen-bond acceptors (Lipinski definition) is 3. The third-order valence-electron chi connectivity index (χ3n) is 4.29. The fraction of sp³-hybridized carbons (Fsp3) is 0.579. The molecule has 2 rings (SSSR count). The molecule has 2 aromatic heterocycles. The van der Waals surface area contributed by atoms with Gasteiger partial charge in [0.25, 0.3) is 0 Å². The van der Waals surface area contributed by atoms with E-state index in [1.807, 2.05) is 0 Å². The molecule has 2 heterocycles. The first-order valence-corrected chi connectivity index (χ1v) is 30.6. The zero-order valence-electron chi connectivity index (χ0n) is 16.8. The second kappa shape index (κ2) is 7.81. The average molecular weight is 577 g/mol. The van der Waals surface area contributed by atoms with Crippen molar-refractivity contribution in [2.45, 2.75) is 56.8 Å². The van der Waals surface area contributed by atoms with E-state index in [9.17, 15) is 0 Å². The third kappa shape index (κ3) is 4.74. The van der Waals surface area contributed by atoms with Crippen molar-refractivity contribution in [3.05, 3.63) is 21.9 Å². The molecule has 0 saturated carbocycles. The number of rotatable bonds is 6. The molecule has 0 unspecified atom stereocenters. The number of thiophene rings is 2. The first-order chi connectivity index (χ1) is 10.9. The fourth-order valence-corrected chi connectivity index (χ4v) is 16.1. The Kier molecular flexibility index (Phi) is 6.87.